The molecule has 0 spiro atoms. The molecule has 0 aliphatic heterocycles. The van der Waals surface area contributed by atoms with Gasteiger partial charge in [0.2, 0.25) is 15.9 Å². The average molecular weight is 408 g/mol. The van der Waals surface area contributed by atoms with E-state index in [0.29, 0.717) is 11.6 Å². The highest BCUT2D eigenvalue weighted by Crippen LogP contribution is 2.20. The van der Waals surface area contributed by atoms with Gasteiger partial charge in [-0.3, -0.25) is 4.79 Å². The average Bonchev–Trinajstić information content (AvgIpc) is 2.62. The van der Waals surface area contributed by atoms with Crippen molar-refractivity contribution < 1.29 is 13.2 Å². The molecular weight excluding hydrogens is 382 g/mol. The Morgan fingerprint density at radius 2 is 1.81 bits per heavy atom. The molecule has 1 heterocycles. The monoisotopic (exact) mass is 407 g/mol. The van der Waals surface area contributed by atoms with Crippen LogP contribution in [0, 0.1) is 13.8 Å². The normalized spacial score (nSPS) is 11.6. The van der Waals surface area contributed by atoms with Crippen LogP contribution in [0.1, 0.15) is 16.7 Å². The van der Waals surface area contributed by atoms with Crippen LogP contribution in [0.4, 0.5) is 0 Å². The first-order valence-corrected chi connectivity index (χ1v) is 10.9. The first-order chi connectivity index (χ1) is 12.6. The number of benzene rings is 1. The third-order valence-electron chi connectivity index (χ3n) is 4.16. The Morgan fingerprint density at radius 3 is 2.37 bits per heavy atom. The van der Waals surface area contributed by atoms with Gasteiger partial charge in [-0.25, -0.2) is 17.7 Å². The van der Waals surface area contributed by atoms with Crippen molar-refractivity contribution in [3.8, 4) is 0 Å². The number of aromatic nitrogens is 1. The highest BCUT2D eigenvalue weighted by Gasteiger charge is 2.18. The molecule has 0 N–H and O–H groups in total. The van der Waals surface area contributed by atoms with E-state index in [-0.39, 0.29) is 16.6 Å². The molecule has 0 saturated carbocycles. The molecule has 146 valence electrons. The van der Waals surface area contributed by atoms with Gasteiger partial charge in [0.1, 0.15) is 4.90 Å². The summed E-state index contributed by atoms with van der Waals surface area (Å²) in [7, 11) is 1.24. The van der Waals surface area contributed by atoms with Gasteiger partial charge in [0.15, 0.2) is 0 Å². The predicted octanol–water partition coefficient (Wildman–Crippen LogP) is 2.70. The van der Waals surface area contributed by atoms with Crippen molar-refractivity contribution in [3.05, 3.63) is 53.2 Å². The molecule has 0 bridgehead atoms. The molecule has 6 nitrogen and oxygen atoms in total. The maximum atomic E-state index is 12.4. The van der Waals surface area contributed by atoms with E-state index in [0.717, 1.165) is 9.87 Å². The molecule has 27 heavy (non-hydrogen) atoms. The van der Waals surface area contributed by atoms with Crippen LogP contribution < -0.4 is 0 Å². The van der Waals surface area contributed by atoms with Gasteiger partial charge >= 0.3 is 0 Å². The molecule has 0 atom stereocenters. The Kier molecular flexibility index (Phi) is 7.02. The molecular formula is C19H25N3O3S2. The van der Waals surface area contributed by atoms with Crippen LogP contribution >= 0.6 is 11.8 Å². The lowest BCUT2D eigenvalue weighted by Gasteiger charge is -2.18. The van der Waals surface area contributed by atoms with E-state index < -0.39 is 10.0 Å². The number of carbonyl (C=O) groups excluding carboxylic acids is 1. The minimum atomic E-state index is -3.49. The van der Waals surface area contributed by atoms with Crippen molar-refractivity contribution in [2.75, 3.05) is 26.9 Å². The number of sulfonamides is 1. The lowest BCUT2D eigenvalue weighted by molar-refractivity contribution is -0.127. The molecule has 0 aliphatic rings. The lowest BCUT2D eigenvalue weighted by atomic mass is 10.1. The summed E-state index contributed by atoms with van der Waals surface area (Å²) in [5, 5.41) is 0.612. The molecule has 8 heteroatoms. The van der Waals surface area contributed by atoms with Gasteiger partial charge in [0.25, 0.3) is 0 Å². The summed E-state index contributed by atoms with van der Waals surface area (Å²) >= 11 is 1.29. The van der Waals surface area contributed by atoms with E-state index in [9.17, 15) is 13.2 Å². The summed E-state index contributed by atoms with van der Waals surface area (Å²) in [6, 6.07) is 9.33. The maximum Gasteiger partial charge on any atom is 0.244 e. The summed E-state index contributed by atoms with van der Waals surface area (Å²) < 4.78 is 25.2. The van der Waals surface area contributed by atoms with Crippen LogP contribution in [0.15, 0.2) is 46.5 Å². The minimum Gasteiger partial charge on any atom is -0.341 e. The van der Waals surface area contributed by atoms with Crippen LogP contribution in [0.3, 0.4) is 0 Å². The topological polar surface area (TPSA) is 70.6 Å². The second kappa shape index (κ2) is 8.86. The third-order valence-corrected chi connectivity index (χ3v) is 6.89. The van der Waals surface area contributed by atoms with Crippen LogP contribution in [-0.2, 0) is 21.4 Å². The lowest BCUT2D eigenvalue weighted by Crippen LogP contribution is -2.28. The van der Waals surface area contributed by atoms with Gasteiger partial charge in [-0.05, 0) is 37.1 Å². The van der Waals surface area contributed by atoms with Gasteiger partial charge < -0.3 is 4.90 Å². The van der Waals surface area contributed by atoms with Crippen molar-refractivity contribution in [1.29, 1.82) is 0 Å². The first kappa shape index (κ1) is 21.4. The number of hydrogen-bond donors (Lipinski definition) is 0. The number of amides is 1. The van der Waals surface area contributed by atoms with Gasteiger partial charge in [-0.15, -0.1) is 0 Å². The summed E-state index contributed by atoms with van der Waals surface area (Å²) in [4.78, 5) is 18.4. The number of pyridine rings is 1. The Morgan fingerprint density at radius 1 is 1.11 bits per heavy atom. The predicted molar refractivity (Wildman–Crippen MR) is 108 cm³/mol. The quantitative estimate of drug-likeness (QED) is 0.660. The SMILES string of the molecule is Cc1ccc(CN(C)C(=O)CSc2ccc(S(=O)(=O)N(C)C)cn2)c(C)c1. The van der Waals surface area contributed by atoms with Gasteiger partial charge in [-0.1, -0.05) is 35.5 Å². The Hall–Kier alpha value is -1.90. The van der Waals surface area contributed by atoms with Crippen molar-refractivity contribution in [2.45, 2.75) is 30.3 Å². The molecule has 0 radical (unpaired) electrons. The molecule has 0 fully saturated rings. The van der Waals surface area contributed by atoms with Crippen molar-refractivity contribution in [1.82, 2.24) is 14.2 Å². The Bertz CT molecular complexity index is 910. The van der Waals surface area contributed by atoms with E-state index in [1.807, 2.05) is 26.0 Å². The summed E-state index contributed by atoms with van der Waals surface area (Å²) in [6.45, 7) is 4.64. The van der Waals surface area contributed by atoms with E-state index in [1.165, 1.54) is 49.2 Å². The number of thioether (sulfide) groups is 1. The molecule has 2 aromatic rings. The van der Waals surface area contributed by atoms with Gasteiger partial charge in [0.05, 0.1) is 10.8 Å². The number of aryl methyl sites for hydroxylation is 2. The first-order valence-electron chi connectivity index (χ1n) is 8.42. The van der Waals surface area contributed by atoms with Crippen molar-refractivity contribution in [3.63, 3.8) is 0 Å². The number of hydrogen-bond acceptors (Lipinski definition) is 5. The van der Waals surface area contributed by atoms with E-state index >= 15 is 0 Å². The van der Waals surface area contributed by atoms with Crippen LogP contribution in [0.5, 0.6) is 0 Å². The molecule has 1 amide bonds. The molecule has 0 aliphatic carbocycles. The van der Waals surface area contributed by atoms with Crippen molar-refractivity contribution >= 4 is 27.7 Å². The second-order valence-electron chi connectivity index (χ2n) is 6.59. The van der Waals surface area contributed by atoms with Gasteiger partial charge in [0, 0.05) is 33.9 Å². The standard InChI is InChI=1S/C19H25N3O3S2/c1-14-6-7-16(15(2)10-14)12-22(5)19(23)13-26-18-9-8-17(11-20-18)27(24,25)21(3)4/h6-11H,12-13H2,1-5H3. The minimum absolute atomic E-state index is 0.00763. The zero-order chi connectivity index (χ0) is 20.2. The second-order valence-corrected chi connectivity index (χ2v) is 9.74. The third kappa shape index (κ3) is 5.54. The number of carbonyl (C=O) groups is 1. The van der Waals surface area contributed by atoms with Crippen LogP contribution in [-0.4, -0.2) is 55.4 Å². The molecule has 2 rings (SSSR count). The zero-order valence-corrected chi connectivity index (χ0v) is 17.9. The summed E-state index contributed by atoms with van der Waals surface area (Å²) in [5.41, 5.74) is 3.49. The highest BCUT2D eigenvalue weighted by molar-refractivity contribution is 7.99. The smallest absolute Gasteiger partial charge is 0.244 e. The zero-order valence-electron chi connectivity index (χ0n) is 16.3. The number of rotatable bonds is 7. The summed E-state index contributed by atoms with van der Waals surface area (Å²) in [5.74, 6) is 0.237. The largest absolute Gasteiger partial charge is 0.341 e. The van der Waals surface area contributed by atoms with Crippen molar-refractivity contribution in [2.24, 2.45) is 0 Å². The van der Waals surface area contributed by atoms with E-state index in [4.69, 9.17) is 0 Å². The fourth-order valence-electron chi connectivity index (χ4n) is 2.43. The van der Waals surface area contributed by atoms with E-state index in [2.05, 4.69) is 11.1 Å². The Labute approximate surface area is 165 Å². The Balaban J connectivity index is 1.94. The molecule has 1 aromatic carbocycles. The summed E-state index contributed by atoms with van der Waals surface area (Å²) in [6.07, 6.45) is 1.32. The number of nitrogens with zero attached hydrogens (tertiary/aromatic N) is 3. The fourth-order valence-corrected chi connectivity index (χ4v) is 4.06. The van der Waals surface area contributed by atoms with Gasteiger partial charge in [-0.2, -0.15) is 0 Å². The van der Waals surface area contributed by atoms with Crippen LogP contribution in [0.2, 0.25) is 0 Å². The molecule has 1 aromatic heterocycles. The maximum absolute atomic E-state index is 12.4. The highest BCUT2D eigenvalue weighted by atomic mass is 32.2. The van der Waals surface area contributed by atoms with E-state index in [1.54, 1.807) is 18.0 Å². The fraction of sp³-hybridized carbons (Fsp3) is 0.368. The molecule has 0 saturated heterocycles. The van der Waals surface area contributed by atoms with Crippen LogP contribution in [0.25, 0.3) is 0 Å². The molecule has 0 unspecified atom stereocenters.